The molecule has 0 amide bonds. The lowest BCUT2D eigenvalue weighted by Gasteiger charge is -2.24. The summed E-state index contributed by atoms with van der Waals surface area (Å²) in [5.74, 6) is -1.02. The van der Waals surface area contributed by atoms with E-state index in [9.17, 15) is 22.9 Å². The molecule has 0 saturated carbocycles. The van der Waals surface area contributed by atoms with Crippen LogP contribution >= 0.6 is 0 Å². The number of nitro benzene ring substituents is 1. The maximum absolute atomic E-state index is 13.6. The molecule has 20 heavy (non-hydrogen) atoms. The van der Waals surface area contributed by atoms with Crippen molar-refractivity contribution in [3.8, 4) is 0 Å². The number of nitro groups is 1. The lowest BCUT2D eigenvalue weighted by molar-refractivity contribution is -0.387. The van der Waals surface area contributed by atoms with E-state index in [2.05, 4.69) is 4.72 Å². The van der Waals surface area contributed by atoms with Gasteiger partial charge in [0.15, 0.2) is 0 Å². The average Bonchev–Trinajstić information content (AvgIpc) is 2.30. The summed E-state index contributed by atoms with van der Waals surface area (Å²) in [6, 6.07) is 1.81. The van der Waals surface area contributed by atoms with Crippen LogP contribution in [0.25, 0.3) is 0 Å². The highest BCUT2D eigenvalue weighted by atomic mass is 32.2. The second-order valence-corrected chi connectivity index (χ2v) is 6.86. The highest BCUT2D eigenvalue weighted by Crippen LogP contribution is 2.26. The van der Waals surface area contributed by atoms with Crippen molar-refractivity contribution in [3.05, 3.63) is 33.6 Å². The van der Waals surface area contributed by atoms with E-state index >= 15 is 0 Å². The van der Waals surface area contributed by atoms with Gasteiger partial charge < -0.3 is 0 Å². The summed E-state index contributed by atoms with van der Waals surface area (Å²) >= 11 is 0. The second-order valence-electron chi connectivity index (χ2n) is 5.17. The molecule has 0 saturated heterocycles. The van der Waals surface area contributed by atoms with Crippen molar-refractivity contribution in [2.45, 2.75) is 44.6 Å². The van der Waals surface area contributed by atoms with E-state index in [0.29, 0.717) is 6.42 Å². The molecule has 0 unspecified atom stereocenters. The van der Waals surface area contributed by atoms with Crippen LogP contribution < -0.4 is 4.72 Å². The minimum absolute atomic E-state index is 0.0890. The maximum Gasteiger partial charge on any atom is 0.306 e. The van der Waals surface area contributed by atoms with E-state index in [0.717, 1.165) is 12.1 Å². The molecule has 0 aliphatic carbocycles. The molecular weight excluding hydrogens is 287 g/mol. The quantitative estimate of drug-likeness (QED) is 0.668. The summed E-state index contributed by atoms with van der Waals surface area (Å²) < 4.78 is 40.4. The first-order chi connectivity index (χ1) is 9.00. The molecule has 0 aliphatic heterocycles. The predicted octanol–water partition coefficient (Wildman–Crippen LogP) is 2.51. The first kappa shape index (κ1) is 16.5. The minimum Gasteiger partial charge on any atom is -0.258 e. The number of nitrogens with one attached hydrogen (secondary N) is 1. The van der Waals surface area contributed by atoms with Gasteiger partial charge in [-0.2, -0.15) is 4.39 Å². The Labute approximate surface area is 117 Å². The Morgan fingerprint density at radius 1 is 1.40 bits per heavy atom. The zero-order valence-corrected chi connectivity index (χ0v) is 12.5. The average molecular weight is 304 g/mol. The number of benzene rings is 1. The van der Waals surface area contributed by atoms with Gasteiger partial charge in [-0.05, 0) is 38.8 Å². The number of rotatable bonds is 5. The molecule has 0 spiro atoms. The third-order valence-electron chi connectivity index (χ3n) is 3.01. The molecule has 0 aliphatic rings. The number of sulfonamides is 1. The van der Waals surface area contributed by atoms with Crippen LogP contribution in [0.3, 0.4) is 0 Å². The molecule has 1 rings (SSSR count). The van der Waals surface area contributed by atoms with Crippen LogP contribution in [-0.2, 0) is 10.0 Å². The third kappa shape index (κ3) is 3.51. The molecule has 112 valence electrons. The fraction of sp³-hybridized carbons (Fsp3) is 0.500. The Morgan fingerprint density at radius 2 is 1.95 bits per heavy atom. The van der Waals surface area contributed by atoms with E-state index in [1.54, 1.807) is 20.8 Å². The van der Waals surface area contributed by atoms with Crippen molar-refractivity contribution >= 4 is 15.7 Å². The summed E-state index contributed by atoms with van der Waals surface area (Å²) in [5, 5.41) is 10.7. The molecule has 0 heterocycles. The summed E-state index contributed by atoms with van der Waals surface area (Å²) in [7, 11) is -3.95. The Hall–Kier alpha value is -1.54. The zero-order valence-electron chi connectivity index (χ0n) is 11.7. The Bertz CT molecular complexity index is 641. The van der Waals surface area contributed by atoms with Crippen molar-refractivity contribution in [3.63, 3.8) is 0 Å². The Kier molecular flexibility index (Phi) is 4.50. The third-order valence-corrected chi connectivity index (χ3v) is 4.69. The fourth-order valence-electron chi connectivity index (χ4n) is 1.50. The molecule has 0 fully saturated rings. The van der Waals surface area contributed by atoms with E-state index < -0.39 is 32.0 Å². The van der Waals surface area contributed by atoms with Crippen LogP contribution in [0.1, 0.15) is 32.8 Å². The van der Waals surface area contributed by atoms with E-state index in [-0.39, 0.29) is 10.5 Å². The van der Waals surface area contributed by atoms with Crippen molar-refractivity contribution < 1.29 is 17.7 Å². The molecule has 0 bridgehead atoms. The highest BCUT2D eigenvalue weighted by molar-refractivity contribution is 7.89. The topological polar surface area (TPSA) is 89.3 Å². The van der Waals surface area contributed by atoms with Crippen LogP contribution in [0.2, 0.25) is 0 Å². The van der Waals surface area contributed by atoms with E-state index in [1.807, 2.05) is 0 Å². The number of hydrogen-bond acceptors (Lipinski definition) is 4. The van der Waals surface area contributed by atoms with Gasteiger partial charge in [0.2, 0.25) is 15.8 Å². The van der Waals surface area contributed by atoms with Gasteiger partial charge in [-0.15, -0.1) is 0 Å². The lowest BCUT2D eigenvalue weighted by Crippen LogP contribution is -2.42. The highest BCUT2D eigenvalue weighted by Gasteiger charge is 2.28. The molecule has 1 aromatic rings. The predicted molar refractivity (Wildman–Crippen MR) is 72.5 cm³/mol. The van der Waals surface area contributed by atoms with E-state index in [1.165, 1.54) is 6.92 Å². The summed E-state index contributed by atoms with van der Waals surface area (Å²) in [4.78, 5) is 9.49. The molecule has 0 radical (unpaired) electrons. The normalized spacial score (nSPS) is 12.4. The molecule has 6 nitrogen and oxygen atoms in total. The van der Waals surface area contributed by atoms with Crippen molar-refractivity contribution in [1.29, 1.82) is 0 Å². The molecule has 0 atom stereocenters. The first-order valence-corrected chi connectivity index (χ1v) is 7.47. The van der Waals surface area contributed by atoms with Gasteiger partial charge >= 0.3 is 5.69 Å². The second kappa shape index (κ2) is 5.45. The number of halogens is 1. The number of nitrogens with zero attached hydrogens (tertiary/aromatic N) is 1. The first-order valence-electron chi connectivity index (χ1n) is 5.98. The van der Waals surface area contributed by atoms with Crippen molar-refractivity contribution in [1.82, 2.24) is 4.72 Å². The molecule has 1 aromatic carbocycles. The van der Waals surface area contributed by atoms with Gasteiger partial charge in [-0.3, -0.25) is 10.1 Å². The van der Waals surface area contributed by atoms with E-state index in [4.69, 9.17) is 0 Å². The SMILES string of the molecule is CCC(C)(C)NS(=O)(=O)c1cc(C)c(F)c([N+](=O)[O-])c1. The van der Waals surface area contributed by atoms with Crippen LogP contribution in [-0.4, -0.2) is 18.9 Å². The molecule has 8 heteroatoms. The van der Waals surface area contributed by atoms with Crippen molar-refractivity contribution in [2.75, 3.05) is 0 Å². The molecule has 0 aromatic heterocycles. The molecule has 1 N–H and O–H groups in total. The standard InChI is InChI=1S/C12H17FN2O4S/c1-5-12(3,4)14-20(18,19)9-6-8(2)11(13)10(7-9)15(16)17/h6-7,14H,5H2,1-4H3. The maximum atomic E-state index is 13.6. The van der Waals surface area contributed by atoms with Gasteiger partial charge in [0.1, 0.15) is 0 Å². The van der Waals surface area contributed by atoms with Crippen molar-refractivity contribution in [2.24, 2.45) is 0 Å². The zero-order chi connectivity index (χ0) is 15.7. The van der Waals surface area contributed by atoms with Crippen LogP contribution in [0.4, 0.5) is 10.1 Å². The largest absolute Gasteiger partial charge is 0.306 e. The lowest BCUT2D eigenvalue weighted by atomic mass is 10.0. The van der Waals surface area contributed by atoms with Crippen LogP contribution in [0.5, 0.6) is 0 Å². The Morgan fingerprint density at radius 3 is 2.40 bits per heavy atom. The van der Waals surface area contributed by atoms with Crippen LogP contribution in [0.15, 0.2) is 17.0 Å². The number of hydrogen-bond donors (Lipinski definition) is 1. The van der Waals surface area contributed by atoms with Gasteiger partial charge in [-0.1, -0.05) is 6.92 Å². The molecular formula is C12H17FN2O4S. The number of aryl methyl sites for hydroxylation is 1. The summed E-state index contributed by atoms with van der Waals surface area (Å²) in [6.45, 7) is 6.47. The van der Waals surface area contributed by atoms with Gasteiger partial charge in [0, 0.05) is 11.6 Å². The summed E-state index contributed by atoms with van der Waals surface area (Å²) in [5.41, 5.74) is -1.64. The fourth-order valence-corrected chi connectivity index (χ4v) is 3.09. The minimum atomic E-state index is -3.95. The summed E-state index contributed by atoms with van der Waals surface area (Å²) in [6.07, 6.45) is 0.536. The van der Waals surface area contributed by atoms with Gasteiger partial charge in [0.25, 0.3) is 0 Å². The monoisotopic (exact) mass is 304 g/mol. The van der Waals surface area contributed by atoms with Crippen LogP contribution in [0, 0.1) is 22.9 Å². The Balaban J connectivity index is 3.37. The van der Waals surface area contributed by atoms with Gasteiger partial charge in [-0.25, -0.2) is 13.1 Å². The van der Waals surface area contributed by atoms with Gasteiger partial charge in [0.05, 0.1) is 9.82 Å². The smallest absolute Gasteiger partial charge is 0.258 e.